The third-order valence-electron chi connectivity index (χ3n) is 4.71. The highest BCUT2D eigenvalue weighted by molar-refractivity contribution is 7.91. The molecular weight excluding hydrogens is 360 g/mol. The van der Waals surface area contributed by atoms with E-state index in [1.165, 1.54) is 15.6 Å². The molecule has 8 heteroatoms. The van der Waals surface area contributed by atoms with Gasteiger partial charge in [0.15, 0.2) is 0 Å². The maximum atomic E-state index is 12.9. The average Bonchev–Trinajstić information content (AvgIpc) is 3.33. The number of carbonyl (C=O) groups is 1. The quantitative estimate of drug-likeness (QED) is 0.797. The van der Waals surface area contributed by atoms with Crippen molar-refractivity contribution in [1.82, 2.24) is 9.21 Å². The minimum atomic E-state index is -3.51. The molecule has 2 aromatic heterocycles. The van der Waals surface area contributed by atoms with E-state index in [1.54, 1.807) is 41.8 Å². The highest BCUT2D eigenvalue weighted by Gasteiger charge is 2.36. The number of furan rings is 1. The first-order chi connectivity index (χ1) is 11.9. The van der Waals surface area contributed by atoms with E-state index in [2.05, 4.69) is 0 Å². The van der Waals surface area contributed by atoms with E-state index in [1.807, 2.05) is 13.0 Å². The SMILES string of the molecule is CC(c1ccco1)N(C)C(=O)C1CCCN(S(=O)(=O)c2cccs2)C1. The lowest BCUT2D eigenvalue weighted by Gasteiger charge is -2.34. The molecule has 0 radical (unpaired) electrons. The predicted molar refractivity (Wildman–Crippen MR) is 95.7 cm³/mol. The zero-order chi connectivity index (χ0) is 18.0. The van der Waals surface area contributed by atoms with E-state index >= 15 is 0 Å². The summed E-state index contributed by atoms with van der Waals surface area (Å²) in [6.07, 6.45) is 2.97. The summed E-state index contributed by atoms with van der Waals surface area (Å²) in [5.74, 6) is 0.343. The number of hydrogen-bond donors (Lipinski definition) is 0. The van der Waals surface area contributed by atoms with E-state index < -0.39 is 10.0 Å². The van der Waals surface area contributed by atoms with Gasteiger partial charge in [-0.15, -0.1) is 11.3 Å². The van der Waals surface area contributed by atoms with Crippen molar-refractivity contribution >= 4 is 27.3 Å². The maximum absolute atomic E-state index is 12.9. The zero-order valence-electron chi connectivity index (χ0n) is 14.3. The normalized spacial score (nSPS) is 20.3. The Labute approximate surface area is 152 Å². The molecule has 1 aliphatic heterocycles. The molecule has 0 aromatic carbocycles. The van der Waals surface area contributed by atoms with Gasteiger partial charge in [0.05, 0.1) is 18.2 Å². The summed E-state index contributed by atoms with van der Waals surface area (Å²) in [6.45, 7) is 2.59. The minimum Gasteiger partial charge on any atom is -0.467 e. The van der Waals surface area contributed by atoms with Crippen molar-refractivity contribution in [2.24, 2.45) is 5.92 Å². The molecule has 2 atom stereocenters. The molecule has 6 nitrogen and oxygen atoms in total. The molecule has 1 saturated heterocycles. The van der Waals surface area contributed by atoms with Crippen molar-refractivity contribution in [1.29, 1.82) is 0 Å². The largest absolute Gasteiger partial charge is 0.467 e. The van der Waals surface area contributed by atoms with Crippen LogP contribution in [0.5, 0.6) is 0 Å². The Morgan fingerprint density at radius 3 is 2.84 bits per heavy atom. The summed E-state index contributed by atoms with van der Waals surface area (Å²) in [7, 11) is -1.77. The van der Waals surface area contributed by atoms with Crippen molar-refractivity contribution in [3.8, 4) is 0 Å². The Morgan fingerprint density at radius 2 is 2.20 bits per heavy atom. The van der Waals surface area contributed by atoms with Crippen LogP contribution in [0.15, 0.2) is 44.5 Å². The number of piperidine rings is 1. The van der Waals surface area contributed by atoms with Gasteiger partial charge in [0.2, 0.25) is 5.91 Å². The summed E-state index contributed by atoms with van der Waals surface area (Å²) < 4.78 is 32.6. The molecule has 0 aliphatic carbocycles. The zero-order valence-corrected chi connectivity index (χ0v) is 15.9. The smallest absolute Gasteiger partial charge is 0.252 e. The molecule has 3 rings (SSSR count). The van der Waals surface area contributed by atoms with Gasteiger partial charge in [0, 0.05) is 20.1 Å². The number of thiophene rings is 1. The van der Waals surface area contributed by atoms with Crippen molar-refractivity contribution < 1.29 is 17.6 Å². The molecule has 25 heavy (non-hydrogen) atoms. The van der Waals surface area contributed by atoms with Crippen LogP contribution in [0, 0.1) is 5.92 Å². The molecule has 0 bridgehead atoms. The number of carbonyl (C=O) groups excluding carboxylic acids is 1. The van der Waals surface area contributed by atoms with Crippen molar-refractivity contribution in [2.75, 3.05) is 20.1 Å². The van der Waals surface area contributed by atoms with Gasteiger partial charge in [-0.3, -0.25) is 4.79 Å². The summed E-state index contributed by atoms with van der Waals surface area (Å²) in [4.78, 5) is 14.5. The van der Waals surface area contributed by atoms with E-state index in [9.17, 15) is 13.2 Å². The fourth-order valence-electron chi connectivity index (χ4n) is 3.10. The maximum Gasteiger partial charge on any atom is 0.252 e. The molecule has 136 valence electrons. The van der Waals surface area contributed by atoms with E-state index in [0.29, 0.717) is 23.6 Å². The monoisotopic (exact) mass is 382 g/mol. The molecule has 1 aliphatic rings. The highest BCUT2D eigenvalue weighted by Crippen LogP contribution is 2.29. The van der Waals surface area contributed by atoms with Crippen molar-refractivity contribution in [2.45, 2.75) is 30.0 Å². The Hall–Kier alpha value is -1.64. The topological polar surface area (TPSA) is 70.8 Å². The van der Waals surface area contributed by atoms with Crippen LogP contribution in [0.3, 0.4) is 0 Å². The first kappa shape index (κ1) is 18.2. The Bertz CT molecular complexity index is 800. The highest BCUT2D eigenvalue weighted by atomic mass is 32.2. The van der Waals surface area contributed by atoms with Gasteiger partial charge < -0.3 is 9.32 Å². The average molecular weight is 383 g/mol. The third kappa shape index (κ3) is 3.65. The molecule has 1 amide bonds. The van der Waals surface area contributed by atoms with Crippen LogP contribution in [0.25, 0.3) is 0 Å². The van der Waals surface area contributed by atoms with E-state index in [0.717, 1.165) is 5.76 Å². The lowest BCUT2D eigenvalue weighted by atomic mass is 9.97. The molecular formula is C17H22N2O4S2. The molecule has 2 aromatic rings. The van der Waals surface area contributed by atoms with Gasteiger partial charge in [-0.25, -0.2) is 8.42 Å². The summed E-state index contributed by atoms with van der Waals surface area (Å²) in [6, 6.07) is 6.77. The Balaban J connectivity index is 1.72. The number of hydrogen-bond acceptors (Lipinski definition) is 5. The lowest BCUT2D eigenvalue weighted by Crippen LogP contribution is -2.46. The molecule has 0 saturated carbocycles. The summed E-state index contributed by atoms with van der Waals surface area (Å²) in [5, 5.41) is 1.75. The number of nitrogens with zero attached hydrogens (tertiary/aromatic N) is 2. The van der Waals surface area contributed by atoms with Gasteiger partial charge in [-0.2, -0.15) is 4.31 Å². The molecule has 0 spiro atoms. The van der Waals surface area contributed by atoms with Gasteiger partial charge in [0.25, 0.3) is 10.0 Å². The predicted octanol–water partition coefficient (Wildman–Crippen LogP) is 2.96. The van der Waals surface area contributed by atoms with Crippen molar-refractivity contribution in [3.05, 3.63) is 41.7 Å². The number of amides is 1. The third-order valence-corrected chi connectivity index (χ3v) is 7.94. The number of sulfonamides is 1. The first-order valence-corrected chi connectivity index (χ1v) is 10.6. The molecule has 3 heterocycles. The number of rotatable bonds is 5. The van der Waals surface area contributed by atoms with Crippen LogP contribution in [0.4, 0.5) is 0 Å². The van der Waals surface area contributed by atoms with Crippen LogP contribution in [-0.4, -0.2) is 43.7 Å². The van der Waals surface area contributed by atoms with Crippen LogP contribution in [0.2, 0.25) is 0 Å². The van der Waals surface area contributed by atoms with Gasteiger partial charge in [-0.05, 0) is 43.3 Å². The van der Waals surface area contributed by atoms with E-state index in [4.69, 9.17) is 4.42 Å². The standard InChI is InChI=1S/C17H22N2O4S2/c1-13(15-7-4-10-23-15)18(2)17(20)14-6-3-9-19(12-14)25(21,22)16-8-5-11-24-16/h4-5,7-8,10-11,13-14H,3,6,9,12H2,1-2H3. The van der Waals surface area contributed by atoms with Gasteiger partial charge >= 0.3 is 0 Å². The first-order valence-electron chi connectivity index (χ1n) is 8.25. The molecule has 2 unspecified atom stereocenters. The second kappa shape index (κ2) is 7.31. The van der Waals surface area contributed by atoms with Crippen LogP contribution in [0.1, 0.15) is 31.6 Å². The fourth-order valence-corrected chi connectivity index (χ4v) is 5.77. The summed E-state index contributed by atoms with van der Waals surface area (Å²) >= 11 is 1.21. The second-order valence-electron chi connectivity index (χ2n) is 6.27. The Morgan fingerprint density at radius 1 is 1.40 bits per heavy atom. The molecule has 1 fully saturated rings. The summed E-state index contributed by atoms with van der Waals surface area (Å²) in [5.41, 5.74) is 0. The fraction of sp³-hybridized carbons (Fsp3) is 0.471. The van der Waals surface area contributed by atoms with Crippen LogP contribution in [-0.2, 0) is 14.8 Å². The Kier molecular flexibility index (Phi) is 5.31. The van der Waals surface area contributed by atoms with Crippen molar-refractivity contribution in [3.63, 3.8) is 0 Å². The lowest BCUT2D eigenvalue weighted by molar-refractivity contribution is -0.137. The van der Waals surface area contributed by atoms with Crippen LogP contribution >= 0.6 is 11.3 Å². The second-order valence-corrected chi connectivity index (χ2v) is 9.39. The minimum absolute atomic E-state index is 0.0463. The van der Waals surface area contributed by atoms with Crippen LogP contribution < -0.4 is 0 Å². The van der Waals surface area contributed by atoms with E-state index in [-0.39, 0.29) is 24.4 Å². The molecule has 0 N–H and O–H groups in total. The van der Waals surface area contributed by atoms with Gasteiger partial charge in [0.1, 0.15) is 9.97 Å². The van der Waals surface area contributed by atoms with Gasteiger partial charge in [-0.1, -0.05) is 6.07 Å².